The van der Waals surface area contributed by atoms with Crippen LogP contribution in [-0.4, -0.2) is 22.4 Å². The Morgan fingerprint density at radius 2 is 2.00 bits per heavy atom. The Morgan fingerprint density at radius 1 is 1.22 bits per heavy atom. The van der Waals surface area contributed by atoms with E-state index in [1.165, 1.54) is 0 Å². The zero-order valence-corrected chi connectivity index (χ0v) is 9.84. The van der Waals surface area contributed by atoms with Crippen molar-refractivity contribution >= 4 is 11.7 Å². The summed E-state index contributed by atoms with van der Waals surface area (Å²) in [6.45, 7) is 0.555. The van der Waals surface area contributed by atoms with Crippen molar-refractivity contribution in [2.24, 2.45) is 0 Å². The van der Waals surface area contributed by atoms with Gasteiger partial charge in [-0.2, -0.15) is 0 Å². The highest BCUT2D eigenvalue weighted by molar-refractivity contribution is 5.92. The van der Waals surface area contributed by atoms with E-state index in [1.54, 1.807) is 30.6 Å². The van der Waals surface area contributed by atoms with Gasteiger partial charge in [0, 0.05) is 18.9 Å². The van der Waals surface area contributed by atoms with Gasteiger partial charge in [-0.25, -0.2) is 4.98 Å². The molecule has 0 bridgehead atoms. The number of nitrogens with zero attached hydrogens (tertiary/aromatic N) is 2. The lowest BCUT2D eigenvalue weighted by Gasteiger charge is -2.05. The number of rotatable bonds is 4. The van der Waals surface area contributed by atoms with Crippen LogP contribution in [0.25, 0.3) is 0 Å². The van der Waals surface area contributed by atoms with E-state index >= 15 is 0 Å². The second kappa shape index (κ2) is 5.77. The smallest absolute Gasteiger partial charge is 0.269 e. The Labute approximate surface area is 105 Å². The van der Waals surface area contributed by atoms with E-state index in [1.807, 2.05) is 12.1 Å². The molecule has 0 aliphatic carbocycles. The molecule has 5 nitrogen and oxygen atoms in total. The normalized spacial score (nSPS) is 10.0. The highest BCUT2D eigenvalue weighted by atomic mass is 16.1. The maximum absolute atomic E-state index is 11.7. The number of carbonyl (C=O) groups excluding carboxylic acids is 1. The first-order valence-corrected chi connectivity index (χ1v) is 5.65. The average molecular weight is 242 g/mol. The molecule has 0 aliphatic heterocycles. The first-order chi connectivity index (χ1) is 8.75. The van der Waals surface area contributed by atoms with Gasteiger partial charge in [-0.15, -0.1) is 0 Å². The molecule has 0 radical (unpaired) electrons. The molecule has 0 unspecified atom stereocenters. The number of anilines is 1. The minimum Gasteiger partial charge on any atom is -0.384 e. The predicted molar refractivity (Wildman–Crippen MR) is 68.9 cm³/mol. The zero-order chi connectivity index (χ0) is 12.8. The topological polar surface area (TPSA) is 80.9 Å². The third-order valence-electron chi connectivity index (χ3n) is 2.45. The van der Waals surface area contributed by atoms with Crippen LogP contribution >= 0.6 is 0 Å². The lowest BCUT2D eigenvalue weighted by Crippen LogP contribution is -2.26. The first kappa shape index (κ1) is 12.0. The number of pyridine rings is 2. The summed E-state index contributed by atoms with van der Waals surface area (Å²) in [4.78, 5) is 19.6. The predicted octanol–water partition coefficient (Wildman–Crippen LogP) is 1.03. The van der Waals surface area contributed by atoms with E-state index < -0.39 is 0 Å². The lowest BCUT2D eigenvalue weighted by atomic mass is 10.2. The molecule has 0 aliphatic rings. The average Bonchev–Trinajstić information content (AvgIpc) is 2.40. The molecule has 0 atom stereocenters. The Balaban J connectivity index is 1.86. The van der Waals surface area contributed by atoms with Crippen molar-refractivity contribution in [2.45, 2.75) is 6.42 Å². The van der Waals surface area contributed by atoms with E-state index in [4.69, 9.17) is 5.73 Å². The van der Waals surface area contributed by atoms with Crippen molar-refractivity contribution in [3.63, 3.8) is 0 Å². The van der Waals surface area contributed by atoms with Crippen molar-refractivity contribution in [1.29, 1.82) is 0 Å². The summed E-state index contributed by atoms with van der Waals surface area (Å²) in [5.74, 6) is 0.133. The fourth-order valence-corrected chi connectivity index (χ4v) is 1.54. The minimum atomic E-state index is -0.212. The maximum atomic E-state index is 11.7. The van der Waals surface area contributed by atoms with Crippen LogP contribution in [0.15, 0.2) is 42.7 Å². The van der Waals surface area contributed by atoms with Crippen LogP contribution in [0.3, 0.4) is 0 Å². The summed E-state index contributed by atoms with van der Waals surface area (Å²) < 4.78 is 0. The van der Waals surface area contributed by atoms with E-state index in [2.05, 4.69) is 15.3 Å². The molecule has 18 heavy (non-hydrogen) atoms. The van der Waals surface area contributed by atoms with Crippen LogP contribution < -0.4 is 11.1 Å². The number of carbonyl (C=O) groups is 1. The second-order valence-corrected chi connectivity index (χ2v) is 3.81. The van der Waals surface area contributed by atoms with Gasteiger partial charge in [-0.05, 0) is 36.2 Å². The SMILES string of the molecule is Nc1cccc(C(=O)NCCc2ccncc2)n1. The molecule has 0 spiro atoms. The summed E-state index contributed by atoms with van der Waals surface area (Å²) in [6, 6.07) is 8.84. The molecule has 0 saturated carbocycles. The molecule has 2 aromatic rings. The second-order valence-electron chi connectivity index (χ2n) is 3.81. The summed E-state index contributed by atoms with van der Waals surface area (Å²) in [6.07, 6.45) is 4.23. The van der Waals surface area contributed by atoms with E-state index in [9.17, 15) is 4.79 Å². The fourth-order valence-electron chi connectivity index (χ4n) is 1.54. The van der Waals surface area contributed by atoms with Crippen LogP contribution in [0.5, 0.6) is 0 Å². The van der Waals surface area contributed by atoms with Gasteiger partial charge in [0.15, 0.2) is 0 Å². The van der Waals surface area contributed by atoms with Gasteiger partial charge in [0.05, 0.1) is 0 Å². The molecule has 2 aromatic heterocycles. The van der Waals surface area contributed by atoms with E-state index in [0.717, 1.165) is 12.0 Å². The molecular formula is C13H14N4O. The minimum absolute atomic E-state index is 0.212. The number of nitrogen functional groups attached to an aromatic ring is 1. The number of hydrogen-bond acceptors (Lipinski definition) is 4. The van der Waals surface area contributed by atoms with Gasteiger partial charge in [-0.3, -0.25) is 9.78 Å². The maximum Gasteiger partial charge on any atom is 0.269 e. The van der Waals surface area contributed by atoms with Crippen LogP contribution in [-0.2, 0) is 6.42 Å². The summed E-state index contributed by atoms with van der Waals surface area (Å²) in [5, 5.41) is 2.80. The number of aromatic nitrogens is 2. The van der Waals surface area contributed by atoms with Crippen LogP contribution in [0.1, 0.15) is 16.1 Å². The van der Waals surface area contributed by atoms with Gasteiger partial charge in [0.1, 0.15) is 11.5 Å². The van der Waals surface area contributed by atoms with Crippen LogP contribution in [0.2, 0.25) is 0 Å². The van der Waals surface area contributed by atoms with E-state index in [0.29, 0.717) is 18.1 Å². The number of nitrogens with two attached hydrogens (primary N) is 1. The van der Waals surface area contributed by atoms with Gasteiger partial charge < -0.3 is 11.1 Å². The molecule has 0 aromatic carbocycles. The van der Waals surface area contributed by atoms with Crippen LogP contribution in [0, 0.1) is 0 Å². The van der Waals surface area contributed by atoms with Crippen molar-refractivity contribution in [1.82, 2.24) is 15.3 Å². The number of amides is 1. The highest BCUT2D eigenvalue weighted by Crippen LogP contribution is 2.00. The third-order valence-corrected chi connectivity index (χ3v) is 2.45. The van der Waals surface area contributed by atoms with E-state index in [-0.39, 0.29) is 5.91 Å². The number of nitrogens with one attached hydrogen (secondary N) is 1. The van der Waals surface area contributed by atoms with Gasteiger partial charge in [0.25, 0.3) is 5.91 Å². The molecule has 1 amide bonds. The lowest BCUT2D eigenvalue weighted by molar-refractivity contribution is 0.0949. The Bertz CT molecular complexity index is 528. The summed E-state index contributed by atoms with van der Waals surface area (Å²) >= 11 is 0. The van der Waals surface area contributed by atoms with Gasteiger partial charge >= 0.3 is 0 Å². The molecule has 3 N–H and O–H groups in total. The molecule has 5 heteroatoms. The largest absolute Gasteiger partial charge is 0.384 e. The van der Waals surface area contributed by atoms with Crippen molar-refractivity contribution in [3.05, 3.63) is 54.0 Å². The summed E-state index contributed by atoms with van der Waals surface area (Å²) in [7, 11) is 0. The fraction of sp³-hybridized carbons (Fsp3) is 0.154. The molecular weight excluding hydrogens is 228 g/mol. The molecule has 92 valence electrons. The van der Waals surface area contributed by atoms with Gasteiger partial charge in [-0.1, -0.05) is 6.07 Å². The molecule has 2 heterocycles. The summed E-state index contributed by atoms with van der Waals surface area (Å²) in [5.41, 5.74) is 6.99. The Hall–Kier alpha value is -2.43. The van der Waals surface area contributed by atoms with Gasteiger partial charge in [0.2, 0.25) is 0 Å². The number of hydrogen-bond donors (Lipinski definition) is 2. The quantitative estimate of drug-likeness (QED) is 0.839. The highest BCUT2D eigenvalue weighted by Gasteiger charge is 2.06. The molecule has 0 fully saturated rings. The van der Waals surface area contributed by atoms with Crippen molar-refractivity contribution in [2.75, 3.05) is 12.3 Å². The molecule has 0 saturated heterocycles. The zero-order valence-electron chi connectivity index (χ0n) is 9.84. The van der Waals surface area contributed by atoms with Crippen molar-refractivity contribution < 1.29 is 4.79 Å². The van der Waals surface area contributed by atoms with Crippen LogP contribution in [0.4, 0.5) is 5.82 Å². The third kappa shape index (κ3) is 3.28. The first-order valence-electron chi connectivity index (χ1n) is 5.65. The Morgan fingerprint density at radius 3 is 2.72 bits per heavy atom. The molecule has 2 rings (SSSR count). The standard InChI is InChI=1S/C13H14N4O/c14-12-3-1-2-11(17-12)13(18)16-9-6-10-4-7-15-8-5-10/h1-5,7-8H,6,9H2,(H2,14,17)(H,16,18). The van der Waals surface area contributed by atoms with Crippen molar-refractivity contribution in [3.8, 4) is 0 Å². The Kier molecular flexibility index (Phi) is 3.86. The monoisotopic (exact) mass is 242 g/mol.